The second kappa shape index (κ2) is 7.62. The minimum Gasteiger partial charge on any atom is -0.497 e. The Kier molecular flexibility index (Phi) is 5.83. The normalized spacial score (nSPS) is 12.2. The van der Waals surface area contributed by atoms with Crippen LogP contribution in [0.3, 0.4) is 0 Å². The van der Waals surface area contributed by atoms with Gasteiger partial charge in [0.2, 0.25) is 0 Å². The molecule has 0 saturated carbocycles. The quantitative estimate of drug-likeness (QED) is 0.805. The topological polar surface area (TPSA) is 21.3 Å². The highest BCUT2D eigenvalue weighted by atomic mass is 79.9. The number of nitrogens with one attached hydrogen (secondary N) is 1. The SMILES string of the molecule is CCCNC(c1cccc(C)c1)c1ccc(OC)cc1Br. The van der Waals surface area contributed by atoms with Crippen molar-refractivity contribution in [1.82, 2.24) is 5.32 Å². The van der Waals surface area contributed by atoms with Crippen molar-refractivity contribution in [1.29, 1.82) is 0 Å². The van der Waals surface area contributed by atoms with Gasteiger partial charge in [-0.25, -0.2) is 0 Å². The molecule has 0 aliphatic carbocycles. The smallest absolute Gasteiger partial charge is 0.120 e. The predicted molar refractivity (Wildman–Crippen MR) is 92.0 cm³/mol. The third kappa shape index (κ3) is 4.08. The lowest BCUT2D eigenvalue weighted by molar-refractivity contribution is 0.414. The molecule has 0 amide bonds. The van der Waals surface area contributed by atoms with Gasteiger partial charge in [0.25, 0.3) is 0 Å². The average molecular weight is 348 g/mol. The first-order valence-corrected chi connectivity index (χ1v) is 8.08. The first-order chi connectivity index (χ1) is 10.2. The van der Waals surface area contributed by atoms with Gasteiger partial charge in [0.05, 0.1) is 13.2 Å². The standard InChI is InChI=1S/C18H22BrNO/c1-4-10-20-18(14-7-5-6-13(2)11-14)16-9-8-15(21-3)12-17(16)19/h5-9,11-12,18,20H,4,10H2,1-3H3. The van der Waals surface area contributed by atoms with E-state index in [1.54, 1.807) is 7.11 Å². The molecule has 2 aromatic carbocycles. The van der Waals surface area contributed by atoms with Crippen molar-refractivity contribution >= 4 is 15.9 Å². The fraction of sp³-hybridized carbons (Fsp3) is 0.333. The Morgan fingerprint density at radius 3 is 2.62 bits per heavy atom. The molecule has 3 heteroatoms. The van der Waals surface area contributed by atoms with E-state index in [1.807, 2.05) is 12.1 Å². The second-order valence-electron chi connectivity index (χ2n) is 5.19. The maximum Gasteiger partial charge on any atom is 0.120 e. The van der Waals surface area contributed by atoms with Gasteiger partial charge >= 0.3 is 0 Å². The summed E-state index contributed by atoms with van der Waals surface area (Å²) in [6.45, 7) is 5.30. The Balaban J connectivity index is 2.40. The zero-order valence-electron chi connectivity index (χ0n) is 12.8. The summed E-state index contributed by atoms with van der Waals surface area (Å²) in [7, 11) is 1.69. The number of benzene rings is 2. The van der Waals surface area contributed by atoms with Crippen molar-refractivity contribution in [3.05, 3.63) is 63.6 Å². The molecule has 0 bridgehead atoms. The van der Waals surface area contributed by atoms with Crippen LogP contribution in [0.25, 0.3) is 0 Å². The molecule has 0 aromatic heterocycles. The van der Waals surface area contributed by atoms with Gasteiger partial charge < -0.3 is 10.1 Å². The Hall–Kier alpha value is -1.32. The molecule has 1 atom stereocenters. The monoisotopic (exact) mass is 347 g/mol. The van der Waals surface area contributed by atoms with Crippen molar-refractivity contribution in [3.8, 4) is 5.75 Å². The number of ether oxygens (including phenoxy) is 1. The van der Waals surface area contributed by atoms with Gasteiger partial charge in [0.1, 0.15) is 5.75 Å². The summed E-state index contributed by atoms with van der Waals surface area (Å²) in [5.74, 6) is 0.865. The van der Waals surface area contributed by atoms with Crippen LogP contribution in [0.15, 0.2) is 46.9 Å². The summed E-state index contributed by atoms with van der Waals surface area (Å²) in [5, 5.41) is 3.64. The van der Waals surface area contributed by atoms with Crippen LogP contribution in [0.5, 0.6) is 5.75 Å². The molecule has 2 nitrogen and oxygen atoms in total. The zero-order valence-corrected chi connectivity index (χ0v) is 14.4. The summed E-state index contributed by atoms with van der Waals surface area (Å²) in [6, 6.07) is 15.0. The maximum atomic E-state index is 5.29. The molecule has 2 aromatic rings. The molecular weight excluding hydrogens is 326 g/mol. The van der Waals surface area contributed by atoms with Gasteiger partial charge in [-0.15, -0.1) is 0 Å². The van der Waals surface area contributed by atoms with Crippen LogP contribution in [0.1, 0.15) is 36.1 Å². The number of aryl methyl sites for hydroxylation is 1. The summed E-state index contributed by atoms with van der Waals surface area (Å²) < 4.78 is 6.35. The zero-order chi connectivity index (χ0) is 15.2. The molecular formula is C18H22BrNO. The van der Waals surface area contributed by atoms with E-state index >= 15 is 0 Å². The van der Waals surface area contributed by atoms with E-state index in [1.165, 1.54) is 16.7 Å². The van der Waals surface area contributed by atoms with Crippen LogP contribution < -0.4 is 10.1 Å². The summed E-state index contributed by atoms with van der Waals surface area (Å²) in [4.78, 5) is 0. The van der Waals surface area contributed by atoms with Crippen LogP contribution in [0.4, 0.5) is 0 Å². The Morgan fingerprint density at radius 2 is 2.00 bits per heavy atom. The number of methoxy groups -OCH3 is 1. The lowest BCUT2D eigenvalue weighted by Gasteiger charge is -2.21. The molecule has 1 unspecified atom stereocenters. The maximum absolute atomic E-state index is 5.29. The molecule has 0 radical (unpaired) electrons. The lowest BCUT2D eigenvalue weighted by Crippen LogP contribution is -2.23. The van der Waals surface area contributed by atoms with Crippen LogP contribution in [0.2, 0.25) is 0 Å². The molecule has 0 spiro atoms. The van der Waals surface area contributed by atoms with Crippen molar-refractivity contribution in [2.45, 2.75) is 26.3 Å². The fourth-order valence-corrected chi connectivity index (χ4v) is 3.00. The molecule has 0 fully saturated rings. The third-order valence-corrected chi connectivity index (χ3v) is 4.18. The van der Waals surface area contributed by atoms with Crippen molar-refractivity contribution in [3.63, 3.8) is 0 Å². The molecule has 0 heterocycles. The molecule has 2 rings (SSSR count). The van der Waals surface area contributed by atoms with Gasteiger partial charge in [0.15, 0.2) is 0 Å². The molecule has 0 aliphatic rings. The highest BCUT2D eigenvalue weighted by Gasteiger charge is 2.16. The molecule has 112 valence electrons. The van der Waals surface area contributed by atoms with Gasteiger partial charge in [-0.1, -0.05) is 58.7 Å². The van der Waals surface area contributed by atoms with E-state index in [2.05, 4.69) is 65.4 Å². The van der Waals surface area contributed by atoms with Crippen LogP contribution in [-0.2, 0) is 0 Å². The van der Waals surface area contributed by atoms with Gasteiger partial charge in [-0.3, -0.25) is 0 Å². The minimum absolute atomic E-state index is 0.185. The van der Waals surface area contributed by atoms with E-state index in [9.17, 15) is 0 Å². The minimum atomic E-state index is 0.185. The summed E-state index contributed by atoms with van der Waals surface area (Å²) in [6.07, 6.45) is 1.11. The number of hydrogen-bond acceptors (Lipinski definition) is 2. The van der Waals surface area contributed by atoms with Crippen molar-refractivity contribution < 1.29 is 4.74 Å². The Morgan fingerprint density at radius 1 is 1.19 bits per heavy atom. The fourth-order valence-electron chi connectivity index (χ4n) is 2.41. The van der Waals surface area contributed by atoms with Crippen LogP contribution in [0, 0.1) is 6.92 Å². The molecule has 0 aliphatic heterocycles. The highest BCUT2D eigenvalue weighted by molar-refractivity contribution is 9.10. The molecule has 21 heavy (non-hydrogen) atoms. The Bertz CT molecular complexity index is 598. The van der Waals surface area contributed by atoms with Gasteiger partial charge in [0, 0.05) is 4.47 Å². The largest absolute Gasteiger partial charge is 0.497 e. The summed E-state index contributed by atoms with van der Waals surface area (Å²) in [5.41, 5.74) is 3.80. The van der Waals surface area contributed by atoms with E-state index in [0.717, 1.165) is 23.2 Å². The highest BCUT2D eigenvalue weighted by Crippen LogP contribution is 2.31. The average Bonchev–Trinajstić information content (AvgIpc) is 2.49. The molecule has 0 saturated heterocycles. The van der Waals surface area contributed by atoms with E-state index in [4.69, 9.17) is 4.74 Å². The number of halogens is 1. The first kappa shape index (κ1) is 16.1. The summed E-state index contributed by atoms with van der Waals surface area (Å²) >= 11 is 3.68. The first-order valence-electron chi connectivity index (χ1n) is 7.29. The van der Waals surface area contributed by atoms with E-state index < -0.39 is 0 Å². The van der Waals surface area contributed by atoms with Crippen molar-refractivity contribution in [2.24, 2.45) is 0 Å². The third-order valence-electron chi connectivity index (χ3n) is 3.49. The van der Waals surface area contributed by atoms with E-state index in [0.29, 0.717) is 0 Å². The number of rotatable bonds is 6. The molecule has 1 N–H and O–H groups in total. The van der Waals surface area contributed by atoms with Crippen molar-refractivity contribution in [2.75, 3.05) is 13.7 Å². The van der Waals surface area contributed by atoms with Crippen LogP contribution in [-0.4, -0.2) is 13.7 Å². The van der Waals surface area contributed by atoms with Crippen LogP contribution >= 0.6 is 15.9 Å². The second-order valence-corrected chi connectivity index (χ2v) is 6.04. The predicted octanol–water partition coefficient (Wildman–Crippen LogP) is 4.86. The van der Waals surface area contributed by atoms with Gasteiger partial charge in [-0.2, -0.15) is 0 Å². The number of hydrogen-bond donors (Lipinski definition) is 1. The Labute approximate surface area is 135 Å². The lowest BCUT2D eigenvalue weighted by atomic mass is 9.97. The van der Waals surface area contributed by atoms with Gasteiger partial charge in [-0.05, 0) is 43.1 Å². The van der Waals surface area contributed by atoms with E-state index in [-0.39, 0.29) is 6.04 Å².